The molecule has 0 unspecified atom stereocenters. The molecule has 1 aliphatic heterocycles. The molecular weight excluding hydrogens is 342 g/mol. The minimum atomic E-state index is -3.39. The number of benzene rings is 1. The van der Waals surface area contributed by atoms with Crippen molar-refractivity contribution in [3.63, 3.8) is 0 Å². The summed E-state index contributed by atoms with van der Waals surface area (Å²) in [4.78, 5) is 0. The van der Waals surface area contributed by atoms with E-state index < -0.39 is 15.3 Å². The van der Waals surface area contributed by atoms with E-state index in [-0.39, 0.29) is 0 Å². The van der Waals surface area contributed by atoms with Crippen LogP contribution in [0.4, 0.5) is 5.69 Å². The van der Waals surface area contributed by atoms with Crippen molar-refractivity contribution in [2.75, 3.05) is 17.9 Å². The summed E-state index contributed by atoms with van der Waals surface area (Å²) in [5.74, 6) is 0. The van der Waals surface area contributed by atoms with E-state index in [0.717, 1.165) is 0 Å². The van der Waals surface area contributed by atoms with Crippen LogP contribution < -0.4 is 4.72 Å². The van der Waals surface area contributed by atoms with Crippen LogP contribution in [0.1, 0.15) is 12.8 Å². The van der Waals surface area contributed by atoms with Gasteiger partial charge in [-0.15, -0.1) is 0 Å². The van der Waals surface area contributed by atoms with Crippen molar-refractivity contribution in [2.45, 2.75) is 18.1 Å². The van der Waals surface area contributed by atoms with Gasteiger partial charge in [-0.1, -0.05) is 17.7 Å². The van der Waals surface area contributed by atoms with E-state index in [1.807, 2.05) is 0 Å². The molecule has 0 aromatic heterocycles. The number of hydrogen-bond acceptors (Lipinski definition) is 3. The van der Waals surface area contributed by atoms with Crippen LogP contribution in [0.2, 0.25) is 5.02 Å². The molecule has 100 valence electrons. The Bertz CT molecular complexity index is 529. The first-order valence-corrected chi connectivity index (χ1v) is 8.26. The average Bonchev–Trinajstić information content (AvgIpc) is 2.36. The fraction of sp³-hybridized carbons (Fsp3) is 0.455. The molecule has 1 N–H and O–H groups in total. The number of halogens is 2. The fourth-order valence-corrected chi connectivity index (χ4v) is 3.93. The fourth-order valence-electron chi connectivity index (χ4n) is 1.81. The summed E-state index contributed by atoms with van der Waals surface area (Å²) in [6, 6.07) is 5.07. The molecule has 1 heterocycles. The number of rotatable bonds is 3. The highest BCUT2D eigenvalue weighted by Crippen LogP contribution is 2.31. The first kappa shape index (κ1) is 14.1. The molecule has 1 aromatic carbocycles. The molecule has 0 aliphatic carbocycles. The zero-order valence-corrected chi connectivity index (χ0v) is 12.7. The van der Waals surface area contributed by atoms with E-state index in [0.29, 0.717) is 41.2 Å². The Kier molecular flexibility index (Phi) is 4.53. The quantitative estimate of drug-likeness (QED) is 0.908. The van der Waals surface area contributed by atoms with Crippen LogP contribution in [0, 0.1) is 0 Å². The lowest BCUT2D eigenvalue weighted by Gasteiger charge is -2.23. The van der Waals surface area contributed by atoms with Gasteiger partial charge in [-0.05, 0) is 40.9 Å². The molecule has 1 aliphatic rings. The summed E-state index contributed by atoms with van der Waals surface area (Å²) >= 11 is 9.20. The van der Waals surface area contributed by atoms with E-state index in [1.54, 1.807) is 18.2 Å². The molecule has 0 radical (unpaired) electrons. The van der Waals surface area contributed by atoms with Crippen LogP contribution >= 0.6 is 27.5 Å². The number of anilines is 1. The smallest absolute Gasteiger partial charge is 0.235 e. The highest BCUT2D eigenvalue weighted by molar-refractivity contribution is 9.10. The molecule has 0 amide bonds. The molecule has 2 rings (SSSR count). The first-order chi connectivity index (χ1) is 8.50. The van der Waals surface area contributed by atoms with Crippen molar-refractivity contribution in [3.8, 4) is 0 Å². The monoisotopic (exact) mass is 353 g/mol. The largest absolute Gasteiger partial charge is 0.381 e. The zero-order valence-electron chi connectivity index (χ0n) is 9.53. The van der Waals surface area contributed by atoms with Crippen molar-refractivity contribution in [1.29, 1.82) is 0 Å². The predicted molar refractivity (Wildman–Crippen MR) is 75.5 cm³/mol. The van der Waals surface area contributed by atoms with Crippen LogP contribution in [-0.4, -0.2) is 26.9 Å². The highest BCUT2D eigenvalue weighted by atomic mass is 79.9. The van der Waals surface area contributed by atoms with Crippen molar-refractivity contribution in [1.82, 2.24) is 0 Å². The Balaban J connectivity index is 2.19. The number of nitrogens with one attached hydrogen (secondary N) is 1. The van der Waals surface area contributed by atoms with Gasteiger partial charge >= 0.3 is 0 Å². The van der Waals surface area contributed by atoms with Crippen LogP contribution in [-0.2, 0) is 14.8 Å². The molecule has 7 heteroatoms. The third-order valence-electron chi connectivity index (χ3n) is 2.81. The SMILES string of the molecule is O=S(=O)(Nc1cccc(Cl)c1Br)C1CCOCC1. The predicted octanol–water partition coefficient (Wildman–Crippen LogP) is 3.02. The second-order valence-electron chi connectivity index (χ2n) is 4.06. The van der Waals surface area contributed by atoms with Gasteiger partial charge in [0.1, 0.15) is 0 Å². The lowest BCUT2D eigenvalue weighted by atomic mass is 10.2. The van der Waals surface area contributed by atoms with E-state index in [2.05, 4.69) is 20.7 Å². The summed E-state index contributed by atoms with van der Waals surface area (Å²) in [5, 5.41) is 0.0688. The third kappa shape index (κ3) is 3.17. The van der Waals surface area contributed by atoms with Gasteiger partial charge < -0.3 is 4.74 Å². The van der Waals surface area contributed by atoms with Crippen LogP contribution in [0.3, 0.4) is 0 Å². The molecular formula is C11H13BrClNO3S. The Labute approximate surface area is 120 Å². The maximum absolute atomic E-state index is 12.2. The van der Waals surface area contributed by atoms with E-state index in [4.69, 9.17) is 16.3 Å². The van der Waals surface area contributed by atoms with Gasteiger partial charge in [0, 0.05) is 13.2 Å². The molecule has 4 nitrogen and oxygen atoms in total. The van der Waals surface area contributed by atoms with E-state index in [9.17, 15) is 8.42 Å². The van der Waals surface area contributed by atoms with Crippen LogP contribution in [0.15, 0.2) is 22.7 Å². The normalized spacial score (nSPS) is 17.7. The van der Waals surface area contributed by atoms with Gasteiger partial charge in [0.2, 0.25) is 10.0 Å². The van der Waals surface area contributed by atoms with Gasteiger partial charge in [-0.3, -0.25) is 4.72 Å². The molecule has 1 aromatic rings. The second-order valence-corrected chi connectivity index (χ2v) is 7.22. The van der Waals surface area contributed by atoms with Gasteiger partial charge in [0.15, 0.2) is 0 Å². The average molecular weight is 355 g/mol. The molecule has 1 fully saturated rings. The summed E-state index contributed by atoms with van der Waals surface area (Å²) in [7, 11) is -3.39. The Morgan fingerprint density at radius 3 is 2.67 bits per heavy atom. The maximum Gasteiger partial charge on any atom is 0.235 e. The minimum absolute atomic E-state index is 0.405. The van der Waals surface area contributed by atoms with Crippen molar-refractivity contribution < 1.29 is 13.2 Å². The molecule has 1 saturated heterocycles. The van der Waals surface area contributed by atoms with Crippen molar-refractivity contribution in [3.05, 3.63) is 27.7 Å². The second kappa shape index (κ2) is 5.77. The molecule has 18 heavy (non-hydrogen) atoms. The first-order valence-electron chi connectivity index (χ1n) is 5.54. The van der Waals surface area contributed by atoms with E-state index >= 15 is 0 Å². The molecule has 0 spiro atoms. The lowest BCUT2D eigenvalue weighted by molar-refractivity contribution is 0.0984. The van der Waals surface area contributed by atoms with Gasteiger partial charge in [-0.2, -0.15) is 0 Å². The van der Waals surface area contributed by atoms with Gasteiger partial charge in [0.25, 0.3) is 0 Å². The Hall–Kier alpha value is -0.300. The minimum Gasteiger partial charge on any atom is -0.381 e. The highest BCUT2D eigenvalue weighted by Gasteiger charge is 2.28. The zero-order chi connectivity index (χ0) is 13.2. The number of sulfonamides is 1. The summed E-state index contributed by atoms with van der Waals surface area (Å²) in [5.41, 5.74) is 0.467. The summed E-state index contributed by atoms with van der Waals surface area (Å²) in [6.45, 7) is 0.977. The Morgan fingerprint density at radius 2 is 2.00 bits per heavy atom. The number of ether oxygens (including phenoxy) is 1. The molecule has 0 saturated carbocycles. The lowest BCUT2D eigenvalue weighted by Crippen LogP contribution is -2.33. The topological polar surface area (TPSA) is 55.4 Å². The van der Waals surface area contributed by atoms with Crippen molar-refractivity contribution in [2.24, 2.45) is 0 Å². The van der Waals surface area contributed by atoms with Crippen LogP contribution in [0.5, 0.6) is 0 Å². The molecule has 0 bridgehead atoms. The van der Waals surface area contributed by atoms with E-state index in [1.165, 1.54) is 0 Å². The standard InChI is InChI=1S/C11H13BrClNO3S/c12-11-9(13)2-1-3-10(11)14-18(15,16)8-4-6-17-7-5-8/h1-3,8,14H,4-7H2. The molecule has 0 atom stereocenters. The van der Waals surface area contributed by atoms with Gasteiger partial charge in [-0.25, -0.2) is 8.42 Å². The third-order valence-corrected chi connectivity index (χ3v) is 6.06. The summed E-state index contributed by atoms with van der Waals surface area (Å²) in [6.07, 6.45) is 1.04. The maximum atomic E-state index is 12.2. The summed E-state index contributed by atoms with van der Waals surface area (Å²) < 4.78 is 32.7. The van der Waals surface area contributed by atoms with Gasteiger partial charge in [0.05, 0.1) is 20.4 Å². The van der Waals surface area contributed by atoms with Crippen LogP contribution in [0.25, 0.3) is 0 Å². The Morgan fingerprint density at radius 1 is 1.33 bits per heavy atom. The number of hydrogen-bond donors (Lipinski definition) is 1. The van der Waals surface area contributed by atoms with Crippen molar-refractivity contribution >= 4 is 43.2 Å².